The Hall–Kier alpha value is -1.18. The molecule has 1 atom stereocenters. The summed E-state index contributed by atoms with van der Waals surface area (Å²) in [5.74, 6) is 0.485. The molecule has 0 saturated carbocycles. The minimum absolute atomic E-state index is 0. The van der Waals surface area contributed by atoms with Crippen LogP contribution in [0.25, 0.3) is 0 Å². The highest BCUT2D eigenvalue weighted by molar-refractivity contribution is 5.85. The highest BCUT2D eigenvalue weighted by atomic mass is 35.5. The van der Waals surface area contributed by atoms with Gasteiger partial charge in [-0.25, -0.2) is 0 Å². The minimum Gasteiger partial charge on any atom is -0.490 e. The van der Waals surface area contributed by atoms with Crippen LogP contribution < -0.4 is 14.8 Å². The Labute approximate surface area is 146 Å². The largest absolute Gasteiger partial charge is 0.490 e. The van der Waals surface area contributed by atoms with E-state index in [9.17, 15) is 13.2 Å². The van der Waals surface area contributed by atoms with E-state index in [1.54, 1.807) is 25.1 Å². The molecule has 0 radical (unpaired) electrons. The number of ether oxygens (including phenoxy) is 2. The smallest absolute Gasteiger partial charge is 0.422 e. The lowest BCUT2D eigenvalue weighted by Gasteiger charge is -2.31. The van der Waals surface area contributed by atoms with Crippen molar-refractivity contribution in [3.8, 4) is 11.5 Å². The molecule has 1 aliphatic rings. The summed E-state index contributed by atoms with van der Waals surface area (Å²) in [6.07, 6.45) is -4.36. The average Bonchev–Trinajstić information content (AvgIpc) is 2.46. The van der Waals surface area contributed by atoms with Gasteiger partial charge in [-0.05, 0) is 31.5 Å². The lowest BCUT2D eigenvalue weighted by atomic mass is 10.1. The second-order valence-electron chi connectivity index (χ2n) is 5.71. The molecule has 1 saturated heterocycles. The van der Waals surface area contributed by atoms with Crippen molar-refractivity contribution in [2.75, 3.05) is 32.8 Å². The molecule has 0 aliphatic carbocycles. The molecular weight excluding hydrogens is 345 g/mol. The van der Waals surface area contributed by atoms with Crippen molar-refractivity contribution in [1.82, 2.24) is 10.2 Å². The first-order valence-electron chi connectivity index (χ1n) is 7.78. The van der Waals surface area contributed by atoms with Crippen LogP contribution in [0.3, 0.4) is 0 Å². The second-order valence-corrected chi connectivity index (χ2v) is 5.71. The second kappa shape index (κ2) is 9.34. The van der Waals surface area contributed by atoms with E-state index in [0.29, 0.717) is 18.4 Å². The van der Waals surface area contributed by atoms with E-state index >= 15 is 0 Å². The first-order chi connectivity index (χ1) is 10.9. The van der Waals surface area contributed by atoms with E-state index < -0.39 is 12.8 Å². The summed E-state index contributed by atoms with van der Waals surface area (Å²) in [6, 6.07) is 5.55. The van der Waals surface area contributed by atoms with Gasteiger partial charge in [0.1, 0.15) is 0 Å². The zero-order chi connectivity index (χ0) is 16.9. The maximum absolute atomic E-state index is 12.3. The first-order valence-corrected chi connectivity index (χ1v) is 7.78. The van der Waals surface area contributed by atoms with E-state index in [4.69, 9.17) is 9.47 Å². The lowest BCUT2D eigenvalue weighted by Crippen LogP contribution is -2.48. The lowest BCUT2D eigenvalue weighted by molar-refractivity contribution is -0.153. The summed E-state index contributed by atoms with van der Waals surface area (Å²) in [4.78, 5) is 2.31. The molecule has 0 amide bonds. The van der Waals surface area contributed by atoms with E-state index in [1.807, 2.05) is 0 Å². The fourth-order valence-electron chi connectivity index (χ4n) is 2.61. The SMILES string of the molecule is CCOc1cc(CN2CCNC(C)C2)ccc1OCC(F)(F)F.Cl. The predicted molar refractivity (Wildman–Crippen MR) is 89.2 cm³/mol. The molecule has 138 valence electrons. The van der Waals surface area contributed by atoms with E-state index in [0.717, 1.165) is 31.7 Å². The molecule has 1 heterocycles. The number of piperazine rings is 1. The van der Waals surface area contributed by atoms with Crippen molar-refractivity contribution in [2.45, 2.75) is 32.6 Å². The Morgan fingerprint density at radius 1 is 1.25 bits per heavy atom. The average molecular weight is 369 g/mol. The molecule has 0 aromatic heterocycles. The molecular formula is C16H24ClF3N2O2. The van der Waals surface area contributed by atoms with Gasteiger partial charge < -0.3 is 14.8 Å². The summed E-state index contributed by atoms with van der Waals surface area (Å²) in [6.45, 7) is 6.54. The van der Waals surface area contributed by atoms with Gasteiger partial charge in [0, 0.05) is 32.2 Å². The summed E-state index contributed by atoms with van der Waals surface area (Å²) in [5.41, 5.74) is 1.00. The van der Waals surface area contributed by atoms with Crippen LogP contribution in [-0.2, 0) is 6.54 Å². The fourth-order valence-corrected chi connectivity index (χ4v) is 2.61. The van der Waals surface area contributed by atoms with Crippen LogP contribution in [0.5, 0.6) is 11.5 Å². The van der Waals surface area contributed by atoms with E-state index in [-0.39, 0.29) is 18.2 Å². The number of benzene rings is 1. The van der Waals surface area contributed by atoms with Gasteiger partial charge in [0.2, 0.25) is 0 Å². The van der Waals surface area contributed by atoms with Crippen molar-refractivity contribution >= 4 is 12.4 Å². The van der Waals surface area contributed by atoms with Gasteiger partial charge in [-0.1, -0.05) is 6.07 Å². The van der Waals surface area contributed by atoms with Crippen molar-refractivity contribution in [1.29, 1.82) is 0 Å². The predicted octanol–water partition coefficient (Wildman–Crippen LogP) is 3.24. The van der Waals surface area contributed by atoms with Crippen molar-refractivity contribution in [2.24, 2.45) is 0 Å². The molecule has 1 N–H and O–H groups in total. The highest BCUT2D eigenvalue weighted by Gasteiger charge is 2.29. The van der Waals surface area contributed by atoms with Gasteiger partial charge in [0.15, 0.2) is 18.1 Å². The third-order valence-electron chi connectivity index (χ3n) is 3.56. The van der Waals surface area contributed by atoms with Crippen LogP contribution in [-0.4, -0.2) is 50.0 Å². The first kappa shape index (κ1) is 20.9. The number of alkyl halides is 3. The summed E-state index contributed by atoms with van der Waals surface area (Å²) in [5, 5.41) is 3.38. The van der Waals surface area contributed by atoms with Gasteiger partial charge in [-0.2, -0.15) is 13.2 Å². The Kier molecular flexibility index (Phi) is 8.12. The molecule has 1 unspecified atom stereocenters. The maximum Gasteiger partial charge on any atom is 0.422 e. The maximum atomic E-state index is 12.3. The number of halogens is 4. The molecule has 0 bridgehead atoms. The number of hydrogen-bond acceptors (Lipinski definition) is 4. The molecule has 1 aromatic carbocycles. The summed E-state index contributed by atoms with van der Waals surface area (Å²) < 4.78 is 47.2. The van der Waals surface area contributed by atoms with Gasteiger partial charge in [0.05, 0.1) is 6.61 Å². The third kappa shape index (κ3) is 6.75. The molecule has 4 nitrogen and oxygen atoms in total. The topological polar surface area (TPSA) is 33.7 Å². The number of rotatable bonds is 6. The summed E-state index contributed by atoms with van der Waals surface area (Å²) >= 11 is 0. The third-order valence-corrected chi connectivity index (χ3v) is 3.56. The molecule has 0 spiro atoms. The standard InChI is InChI=1S/C16H23F3N2O2.ClH/c1-3-22-15-8-13(10-21-7-6-20-12(2)9-21)4-5-14(15)23-11-16(17,18)19;/h4-5,8,12,20H,3,6-7,9-11H2,1-2H3;1H. The monoisotopic (exact) mass is 368 g/mol. The van der Waals surface area contributed by atoms with Gasteiger partial charge >= 0.3 is 6.18 Å². The molecule has 1 aliphatic heterocycles. The zero-order valence-electron chi connectivity index (χ0n) is 13.9. The van der Waals surface area contributed by atoms with Gasteiger partial charge in [-0.15, -0.1) is 12.4 Å². The normalized spacial score (nSPS) is 18.8. The Balaban J connectivity index is 0.00000288. The molecule has 2 rings (SSSR count). The number of hydrogen-bond donors (Lipinski definition) is 1. The Bertz CT molecular complexity index is 515. The Morgan fingerprint density at radius 3 is 2.62 bits per heavy atom. The van der Waals surface area contributed by atoms with Gasteiger partial charge in [-0.3, -0.25) is 4.90 Å². The zero-order valence-corrected chi connectivity index (χ0v) is 14.7. The highest BCUT2D eigenvalue weighted by Crippen LogP contribution is 2.30. The molecule has 1 fully saturated rings. The van der Waals surface area contributed by atoms with Gasteiger partial charge in [0.25, 0.3) is 0 Å². The molecule has 24 heavy (non-hydrogen) atoms. The molecule has 8 heteroatoms. The van der Waals surface area contributed by atoms with E-state index in [1.165, 1.54) is 0 Å². The van der Waals surface area contributed by atoms with Crippen molar-refractivity contribution < 1.29 is 22.6 Å². The minimum atomic E-state index is -4.36. The van der Waals surface area contributed by atoms with Crippen LogP contribution in [0.4, 0.5) is 13.2 Å². The van der Waals surface area contributed by atoms with Crippen LogP contribution in [0.1, 0.15) is 19.4 Å². The van der Waals surface area contributed by atoms with E-state index in [2.05, 4.69) is 17.1 Å². The van der Waals surface area contributed by atoms with Crippen LogP contribution >= 0.6 is 12.4 Å². The number of nitrogens with one attached hydrogen (secondary N) is 1. The quantitative estimate of drug-likeness (QED) is 0.835. The van der Waals surface area contributed by atoms with Crippen LogP contribution in [0.15, 0.2) is 18.2 Å². The van der Waals surface area contributed by atoms with Crippen LogP contribution in [0.2, 0.25) is 0 Å². The van der Waals surface area contributed by atoms with Crippen molar-refractivity contribution in [3.05, 3.63) is 23.8 Å². The fraction of sp³-hybridized carbons (Fsp3) is 0.625. The Morgan fingerprint density at radius 2 is 2.00 bits per heavy atom. The summed E-state index contributed by atoms with van der Waals surface area (Å²) in [7, 11) is 0. The van der Waals surface area contributed by atoms with Crippen molar-refractivity contribution in [3.63, 3.8) is 0 Å². The van der Waals surface area contributed by atoms with Crippen LogP contribution in [0, 0.1) is 0 Å². The number of nitrogens with zero attached hydrogens (tertiary/aromatic N) is 1. The molecule has 1 aromatic rings.